The Morgan fingerprint density at radius 3 is 2.21 bits per heavy atom. The normalized spacial score (nSPS) is 14.0. The smallest absolute Gasteiger partial charge is 0.194 e. The largest absolute Gasteiger partial charge is 0.365 e. The van der Waals surface area contributed by atoms with Gasteiger partial charge in [0.05, 0.1) is 0 Å². The van der Waals surface area contributed by atoms with Crippen molar-refractivity contribution in [3.05, 3.63) is 24.0 Å². The van der Waals surface area contributed by atoms with Crippen LogP contribution in [0.4, 0.5) is 0 Å². The number of nitrogens with zero attached hydrogens (tertiary/aromatic N) is 1. The highest BCUT2D eigenvalue weighted by Crippen LogP contribution is 2.16. The zero-order valence-corrected chi connectivity index (χ0v) is 10.1. The van der Waals surface area contributed by atoms with Crippen LogP contribution in [-0.2, 0) is 0 Å². The van der Waals surface area contributed by atoms with E-state index in [0.717, 1.165) is 5.70 Å². The van der Waals surface area contributed by atoms with E-state index in [1.165, 1.54) is 5.70 Å². The molecule has 1 atom stereocenters. The lowest BCUT2D eigenvalue weighted by Crippen LogP contribution is -2.68. The molecule has 0 aliphatic carbocycles. The van der Waals surface area contributed by atoms with Crippen LogP contribution in [0, 0.1) is 5.92 Å². The molecule has 0 radical (unpaired) electrons. The summed E-state index contributed by atoms with van der Waals surface area (Å²) in [6.45, 7) is 16.2. The Morgan fingerprint density at radius 1 is 1.43 bits per heavy atom. The summed E-state index contributed by atoms with van der Waals surface area (Å²) in [5.74, 6) is 0.511. The third kappa shape index (κ3) is 3.02. The molecular weight excluding hydrogens is 172 g/mol. The van der Waals surface area contributed by atoms with Crippen molar-refractivity contribution in [3.63, 3.8) is 0 Å². The first-order chi connectivity index (χ1) is 6.45. The van der Waals surface area contributed by atoms with Crippen LogP contribution in [0.3, 0.4) is 0 Å². The quantitative estimate of drug-likeness (QED) is 0.652. The van der Waals surface area contributed by atoms with Crippen molar-refractivity contribution in [3.8, 4) is 0 Å². The average Bonchev–Trinajstić information content (AvgIpc) is 2.15. The highest BCUT2D eigenvalue weighted by atomic mass is 15.2. The van der Waals surface area contributed by atoms with Crippen molar-refractivity contribution >= 4 is 6.72 Å². The number of allylic oxidation sites excluding steroid dienone is 2. The van der Waals surface area contributed by atoms with E-state index in [1.54, 1.807) is 0 Å². The minimum absolute atomic E-state index is 0.295. The summed E-state index contributed by atoms with van der Waals surface area (Å²) < 4.78 is 0. The van der Waals surface area contributed by atoms with Gasteiger partial charge < -0.3 is 4.90 Å². The first-order valence-electron chi connectivity index (χ1n) is 5.03. The molecule has 0 heterocycles. The molecule has 2 nitrogen and oxygen atoms in total. The summed E-state index contributed by atoms with van der Waals surface area (Å²) >= 11 is 0. The van der Waals surface area contributed by atoms with Crippen LogP contribution in [0.5, 0.6) is 0 Å². The van der Waals surface area contributed by atoms with Crippen LogP contribution in [0.1, 0.15) is 27.7 Å². The van der Waals surface area contributed by atoms with Gasteiger partial charge >= 0.3 is 0 Å². The fourth-order valence-corrected chi connectivity index (χ4v) is 1.61. The van der Waals surface area contributed by atoms with Crippen molar-refractivity contribution in [2.24, 2.45) is 5.92 Å². The minimum atomic E-state index is 0.295. The highest BCUT2D eigenvalue weighted by Gasteiger charge is 2.24. The summed E-state index contributed by atoms with van der Waals surface area (Å²) in [6, 6.07) is 0.295. The van der Waals surface area contributed by atoms with Gasteiger partial charge in [0, 0.05) is 12.7 Å². The third-order valence-electron chi connectivity index (χ3n) is 2.61. The lowest BCUT2D eigenvalue weighted by molar-refractivity contribution is -0.396. The monoisotopic (exact) mass is 195 g/mol. The van der Waals surface area contributed by atoms with Gasteiger partial charge in [0.15, 0.2) is 5.70 Å². The van der Waals surface area contributed by atoms with E-state index in [1.807, 2.05) is 6.92 Å². The second-order valence-electron chi connectivity index (χ2n) is 3.93. The molecule has 0 aliphatic heterocycles. The summed E-state index contributed by atoms with van der Waals surface area (Å²) in [6.07, 6.45) is 2.10. The van der Waals surface area contributed by atoms with E-state index in [9.17, 15) is 0 Å². The van der Waals surface area contributed by atoms with Crippen LogP contribution in [0.25, 0.3) is 0 Å². The molecule has 0 saturated heterocycles. The second-order valence-corrected chi connectivity index (χ2v) is 3.93. The number of likely N-dealkylation sites (N-methyl/N-ethyl adjacent to an activating group) is 1. The first-order valence-corrected chi connectivity index (χ1v) is 5.03. The Hall–Kier alpha value is -1.05. The second kappa shape index (κ2) is 5.63. The van der Waals surface area contributed by atoms with Crippen molar-refractivity contribution in [2.45, 2.75) is 33.7 Å². The molecule has 0 amide bonds. The summed E-state index contributed by atoms with van der Waals surface area (Å²) in [7, 11) is 2.09. The molecule has 1 unspecified atom stereocenters. The van der Waals surface area contributed by atoms with Gasteiger partial charge in [0.25, 0.3) is 0 Å². The Bertz CT molecular complexity index is 239. The number of nitrogens with one attached hydrogen (secondary N) is 1. The van der Waals surface area contributed by atoms with Gasteiger partial charge in [-0.15, -0.1) is 0 Å². The van der Waals surface area contributed by atoms with E-state index in [0.29, 0.717) is 12.0 Å². The minimum Gasteiger partial charge on any atom is -0.365 e. The van der Waals surface area contributed by atoms with E-state index < -0.39 is 0 Å². The molecule has 0 aromatic heterocycles. The van der Waals surface area contributed by atoms with E-state index in [4.69, 9.17) is 0 Å². The summed E-state index contributed by atoms with van der Waals surface area (Å²) in [4.78, 5) is 5.12. The van der Waals surface area contributed by atoms with Crippen LogP contribution < -0.4 is 4.99 Å². The van der Waals surface area contributed by atoms with Gasteiger partial charge in [-0.2, -0.15) is 0 Å². The van der Waals surface area contributed by atoms with Crippen LogP contribution in [0.15, 0.2) is 24.0 Å². The van der Waals surface area contributed by atoms with Crippen molar-refractivity contribution in [2.75, 3.05) is 7.05 Å². The molecular formula is C12H23N2+. The first kappa shape index (κ1) is 12.9. The maximum absolute atomic E-state index is 3.99. The van der Waals surface area contributed by atoms with Gasteiger partial charge in [-0.1, -0.05) is 19.9 Å². The Balaban J connectivity index is 4.83. The van der Waals surface area contributed by atoms with Crippen molar-refractivity contribution < 1.29 is 4.99 Å². The van der Waals surface area contributed by atoms with Gasteiger partial charge in [-0.05, 0) is 26.3 Å². The predicted molar refractivity (Wildman–Crippen MR) is 63.0 cm³/mol. The maximum Gasteiger partial charge on any atom is 0.194 e. The molecule has 80 valence electrons. The third-order valence-corrected chi connectivity index (χ3v) is 2.61. The van der Waals surface area contributed by atoms with Crippen LogP contribution in [0.2, 0.25) is 0 Å². The highest BCUT2D eigenvalue weighted by molar-refractivity contribution is 5.16. The molecule has 0 aliphatic rings. The standard InChI is InChI=1S/C12H22N2/c1-8-10(4)14(7)12(9(2)3)11(5)13-6/h8-9,12H,5-6H2,1-4,7H3/p+1/b10-8+. The molecule has 0 aromatic carbocycles. The molecule has 0 saturated carbocycles. The lowest BCUT2D eigenvalue weighted by atomic mass is 10.00. The predicted octanol–water partition coefficient (Wildman–Crippen LogP) is 1.16. The Labute approximate surface area is 88.0 Å². The zero-order chi connectivity index (χ0) is 11.3. The molecule has 0 aromatic rings. The van der Waals surface area contributed by atoms with E-state index in [-0.39, 0.29) is 0 Å². The molecule has 0 spiro atoms. The van der Waals surface area contributed by atoms with Gasteiger partial charge in [0.1, 0.15) is 12.8 Å². The van der Waals surface area contributed by atoms with E-state index >= 15 is 0 Å². The Morgan fingerprint density at radius 2 is 1.93 bits per heavy atom. The number of rotatable bonds is 5. The van der Waals surface area contributed by atoms with Crippen molar-refractivity contribution in [1.82, 2.24) is 4.90 Å². The fourth-order valence-electron chi connectivity index (χ4n) is 1.61. The van der Waals surface area contributed by atoms with Gasteiger partial charge in [-0.25, -0.2) is 4.99 Å². The zero-order valence-electron chi connectivity index (χ0n) is 10.1. The average molecular weight is 195 g/mol. The fraction of sp³-hybridized carbons (Fsp3) is 0.583. The van der Waals surface area contributed by atoms with Gasteiger partial charge in [0.2, 0.25) is 0 Å². The van der Waals surface area contributed by atoms with Crippen LogP contribution >= 0.6 is 0 Å². The summed E-state index contributed by atoms with van der Waals surface area (Å²) in [5.41, 5.74) is 2.21. The topological polar surface area (TPSA) is 17.2 Å². The number of hydrogen-bond donors (Lipinski definition) is 1. The summed E-state index contributed by atoms with van der Waals surface area (Å²) in [5, 5.41) is 0. The molecule has 0 rings (SSSR count). The Kier molecular flexibility index (Phi) is 5.21. The van der Waals surface area contributed by atoms with Crippen molar-refractivity contribution in [1.29, 1.82) is 0 Å². The van der Waals surface area contributed by atoms with E-state index in [2.05, 4.69) is 57.1 Å². The number of hydrogen-bond acceptors (Lipinski definition) is 1. The van der Waals surface area contributed by atoms with Gasteiger partial charge in [-0.3, -0.25) is 0 Å². The maximum atomic E-state index is 3.99. The van der Waals surface area contributed by atoms with Crippen LogP contribution in [-0.4, -0.2) is 24.7 Å². The molecule has 1 N–H and O–H groups in total. The SMILES string of the molecule is C=[NH+]C(=C)C(C(C)C)N(C)/C(C)=C/C. The lowest BCUT2D eigenvalue weighted by Gasteiger charge is -2.30. The molecule has 0 bridgehead atoms. The molecule has 14 heavy (non-hydrogen) atoms. The molecule has 2 heteroatoms. The molecule has 0 fully saturated rings.